The zero-order valence-electron chi connectivity index (χ0n) is 13.1. The van der Waals surface area contributed by atoms with Crippen LogP contribution in [-0.2, 0) is 0 Å². The highest BCUT2D eigenvalue weighted by Gasteiger charge is 2.22. The Balaban J connectivity index is 2.68. The lowest BCUT2D eigenvalue weighted by molar-refractivity contribution is 0.406. The first kappa shape index (κ1) is 16.6. The molecule has 0 fully saturated rings. The van der Waals surface area contributed by atoms with Crippen LogP contribution in [0.1, 0.15) is 38.2 Å². The fourth-order valence-corrected chi connectivity index (χ4v) is 4.24. The summed E-state index contributed by atoms with van der Waals surface area (Å²) in [7, 11) is 1.74. The summed E-state index contributed by atoms with van der Waals surface area (Å²) < 4.78 is 6.79. The number of aryl methyl sites for hydroxylation is 3. The smallest absolute Gasteiger partial charge is 0.126 e. The van der Waals surface area contributed by atoms with Crippen molar-refractivity contribution in [3.8, 4) is 5.75 Å². The Morgan fingerprint density at radius 1 is 1.00 bits per heavy atom. The fourth-order valence-electron chi connectivity index (χ4n) is 2.64. The van der Waals surface area contributed by atoms with Crippen LogP contribution in [0.15, 0.2) is 28.7 Å². The summed E-state index contributed by atoms with van der Waals surface area (Å²) in [5.74, 6) is 0.957. The number of benzene rings is 2. The van der Waals surface area contributed by atoms with Gasteiger partial charge >= 0.3 is 0 Å². The average Bonchev–Trinajstić information content (AvgIpc) is 2.44. The van der Waals surface area contributed by atoms with Crippen molar-refractivity contribution in [1.29, 1.82) is 0 Å². The molecule has 2 rings (SSSR count). The molecule has 3 heteroatoms. The number of hydrogen-bond donors (Lipinski definition) is 0. The van der Waals surface area contributed by atoms with Crippen LogP contribution >= 0.6 is 31.9 Å². The Bertz CT molecular complexity index is 677. The quantitative estimate of drug-likeness (QED) is 0.548. The van der Waals surface area contributed by atoms with Crippen molar-refractivity contribution in [2.75, 3.05) is 7.11 Å². The molecule has 0 aliphatic heterocycles. The van der Waals surface area contributed by atoms with Crippen LogP contribution in [0.4, 0.5) is 0 Å². The van der Waals surface area contributed by atoms with Gasteiger partial charge in [0.05, 0.1) is 11.9 Å². The van der Waals surface area contributed by atoms with E-state index < -0.39 is 0 Å². The molecule has 0 bridgehead atoms. The monoisotopic (exact) mass is 410 g/mol. The first-order chi connectivity index (χ1) is 9.86. The van der Waals surface area contributed by atoms with Crippen LogP contribution in [0.2, 0.25) is 0 Å². The first-order valence-corrected chi connectivity index (χ1v) is 8.62. The molecule has 0 N–H and O–H groups in total. The first-order valence-electron chi connectivity index (χ1n) is 6.91. The largest absolute Gasteiger partial charge is 0.496 e. The Kier molecular flexibility index (Phi) is 5.15. The standard InChI is InChI=1S/C18H20Br2O/c1-10-6-7-11(2)14(8-10)17(20)16-13(4)15(19)9-12(3)18(16)21-5/h6-9,17H,1-5H3. The molecule has 0 heterocycles. The minimum Gasteiger partial charge on any atom is -0.496 e. The molecule has 0 aliphatic rings. The summed E-state index contributed by atoms with van der Waals surface area (Å²) in [6.07, 6.45) is 0. The Labute approximate surface area is 144 Å². The molecule has 0 radical (unpaired) electrons. The summed E-state index contributed by atoms with van der Waals surface area (Å²) in [6.45, 7) is 8.48. The summed E-state index contributed by atoms with van der Waals surface area (Å²) in [4.78, 5) is 0.114. The van der Waals surface area contributed by atoms with Crippen molar-refractivity contribution in [3.63, 3.8) is 0 Å². The van der Waals surface area contributed by atoms with Gasteiger partial charge in [-0.1, -0.05) is 55.6 Å². The van der Waals surface area contributed by atoms with Crippen molar-refractivity contribution < 1.29 is 4.74 Å². The third kappa shape index (κ3) is 3.19. The van der Waals surface area contributed by atoms with E-state index in [1.54, 1.807) is 7.11 Å². The van der Waals surface area contributed by atoms with Crippen LogP contribution in [0, 0.1) is 27.7 Å². The second-order valence-electron chi connectivity index (χ2n) is 5.47. The fraction of sp³-hybridized carbons (Fsp3) is 0.333. The molecule has 0 aromatic heterocycles. The highest BCUT2D eigenvalue weighted by Crippen LogP contribution is 2.43. The highest BCUT2D eigenvalue weighted by molar-refractivity contribution is 9.10. The molecule has 2 aromatic carbocycles. The van der Waals surface area contributed by atoms with Gasteiger partial charge in [0.15, 0.2) is 0 Å². The normalized spacial score (nSPS) is 12.3. The molecule has 0 saturated carbocycles. The number of methoxy groups -OCH3 is 1. The van der Waals surface area contributed by atoms with Gasteiger partial charge in [0, 0.05) is 10.0 Å². The molecule has 2 aromatic rings. The van der Waals surface area contributed by atoms with Crippen LogP contribution in [0.25, 0.3) is 0 Å². The van der Waals surface area contributed by atoms with Crippen LogP contribution < -0.4 is 4.74 Å². The van der Waals surface area contributed by atoms with Crippen molar-refractivity contribution in [2.24, 2.45) is 0 Å². The molecule has 0 spiro atoms. The second-order valence-corrected chi connectivity index (χ2v) is 7.24. The second kappa shape index (κ2) is 6.53. The van der Waals surface area contributed by atoms with Gasteiger partial charge in [0.1, 0.15) is 5.75 Å². The van der Waals surface area contributed by atoms with Gasteiger partial charge in [-0.2, -0.15) is 0 Å². The third-order valence-electron chi connectivity index (χ3n) is 3.87. The Hall–Kier alpha value is -0.800. The predicted octanol–water partition coefficient (Wildman–Crippen LogP) is 6.18. The van der Waals surface area contributed by atoms with Gasteiger partial charge in [-0.3, -0.25) is 0 Å². The van der Waals surface area contributed by atoms with E-state index in [1.165, 1.54) is 27.8 Å². The lowest BCUT2D eigenvalue weighted by atomic mass is 9.93. The van der Waals surface area contributed by atoms with Crippen molar-refractivity contribution >= 4 is 31.9 Å². The lowest BCUT2D eigenvalue weighted by Crippen LogP contribution is -2.04. The van der Waals surface area contributed by atoms with E-state index in [2.05, 4.69) is 83.8 Å². The van der Waals surface area contributed by atoms with E-state index in [1.807, 2.05) is 0 Å². The maximum Gasteiger partial charge on any atom is 0.126 e. The van der Waals surface area contributed by atoms with E-state index in [0.29, 0.717) is 0 Å². The summed E-state index contributed by atoms with van der Waals surface area (Å²) in [5.41, 5.74) is 7.37. The minimum atomic E-state index is 0.114. The van der Waals surface area contributed by atoms with Crippen LogP contribution in [0.3, 0.4) is 0 Å². The molecule has 0 aliphatic carbocycles. The number of rotatable bonds is 3. The summed E-state index contributed by atoms with van der Waals surface area (Å²) >= 11 is 7.55. The van der Waals surface area contributed by atoms with Gasteiger partial charge in [-0.05, 0) is 56.0 Å². The van der Waals surface area contributed by atoms with Crippen molar-refractivity contribution in [1.82, 2.24) is 0 Å². The zero-order chi connectivity index (χ0) is 15.7. The molecular formula is C18H20Br2O. The Morgan fingerprint density at radius 2 is 1.67 bits per heavy atom. The lowest BCUT2D eigenvalue weighted by Gasteiger charge is -2.22. The topological polar surface area (TPSA) is 9.23 Å². The number of ether oxygens (including phenoxy) is 1. The molecule has 0 amide bonds. The number of halogens is 2. The molecular weight excluding hydrogens is 392 g/mol. The van der Waals surface area contributed by atoms with Gasteiger partial charge < -0.3 is 4.74 Å². The van der Waals surface area contributed by atoms with Crippen LogP contribution in [-0.4, -0.2) is 7.11 Å². The summed E-state index contributed by atoms with van der Waals surface area (Å²) in [6, 6.07) is 8.67. The summed E-state index contributed by atoms with van der Waals surface area (Å²) in [5, 5.41) is 0. The SMILES string of the molecule is COc1c(C)cc(Br)c(C)c1C(Br)c1cc(C)ccc1C. The molecule has 21 heavy (non-hydrogen) atoms. The van der Waals surface area contributed by atoms with Gasteiger partial charge in [-0.25, -0.2) is 0 Å². The average molecular weight is 412 g/mol. The molecule has 1 atom stereocenters. The molecule has 0 saturated heterocycles. The number of alkyl halides is 1. The maximum absolute atomic E-state index is 5.67. The van der Waals surface area contributed by atoms with Gasteiger partial charge in [0.2, 0.25) is 0 Å². The molecule has 1 unspecified atom stereocenters. The molecule has 112 valence electrons. The maximum atomic E-state index is 5.67. The van der Waals surface area contributed by atoms with E-state index in [4.69, 9.17) is 4.74 Å². The minimum absolute atomic E-state index is 0.114. The Morgan fingerprint density at radius 3 is 2.29 bits per heavy atom. The molecule has 1 nitrogen and oxygen atoms in total. The van der Waals surface area contributed by atoms with Crippen molar-refractivity contribution in [2.45, 2.75) is 32.5 Å². The van der Waals surface area contributed by atoms with E-state index in [9.17, 15) is 0 Å². The number of hydrogen-bond acceptors (Lipinski definition) is 1. The van der Waals surface area contributed by atoms with Gasteiger partial charge in [-0.15, -0.1) is 0 Å². The predicted molar refractivity (Wildman–Crippen MR) is 96.9 cm³/mol. The van der Waals surface area contributed by atoms with E-state index in [0.717, 1.165) is 15.8 Å². The third-order valence-corrected chi connectivity index (χ3v) is 5.65. The zero-order valence-corrected chi connectivity index (χ0v) is 16.2. The highest BCUT2D eigenvalue weighted by atomic mass is 79.9. The van der Waals surface area contributed by atoms with Crippen molar-refractivity contribution in [3.05, 3.63) is 62.1 Å². The van der Waals surface area contributed by atoms with E-state index in [-0.39, 0.29) is 4.83 Å². The van der Waals surface area contributed by atoms with E-state index >= 15 is 0 Å². The van der Waals surface area contributed by atoms with Crippen LogP contribution in [0.5, 0.6) is 5.75 Å². The van der Waals surface area contributed by atoms with Gasteiger partial charge in [0.25, 0.3) is 0 Å².